The van der Waals surface area contributed by atoms with Crippen molar-refractivity contribution < 1.29 is 4.74 Å². The molecule has 1 aliphatic heterocycles. The van der Waals surface area contributed by atoms with E-state index in [0.717, 1.165) is 13.2 Å². The molecule has 0 aromatic rings. The second-order valence-corrected chi connectivity index (χ2v) is 6.43. The van der Waals surface area contributed by atoms with Crippen molar-refractivity contribution in [2.24, 2.45) is 0 Å². The van der Waals surface area contributed by atoms with Crippen LogP contribution in [0.5, 0.6) is 0 Å². The number of unbranched alkanes of at least 4 members (excludes halogenated alkanes) is 5. The summed E-state index contributed by atoms with van der Waals surface area (Å²) in [6.07, 6.45) is 16.6. The van der Waals surface area contributed by atoms with Crippen molar-refractivity contribution in [2.75, 3.05) is 13.2 Å². The van der Waals surface area contributed by atoms with E-state index in [-0.39, 0.29) is 0 Å². The molecule has 1 aliphatic rings. The highest BCUT2D eigenvalue weighted by Gasteiger charge is 2.18. The number of nitrogens with one attached hydrogen (secondary N) is 1. The molecule has 0 saturated carbocycles. The maximum Gasteiger partial charge on any atom is 0.0590 e. The number of ether oxygens (including phenoxy) is 1. The Morgan fingerprint density at radius 3 is 2.50 bits per heavy atom. The van der Waals surface area contributed by atoms with Gasteiger partial charge in [0, 0.05) is 12.6 Å². The van der Waals surface area contributed by atoms with E-state index < -0.39 is 0 Å². The molecule has 0 spiro atoms. The van der Waals surface area contributed by atoms with Gasteiger partial charge in [-0.25, -0.2) is 0 Å². The second-order valence-electron chi connectivity index (χ2n) is 6.43. The van der Waals surface area contributed by atoms with Crippen molar-refractivity contribution in [3.63, 3.8) is 0 Å². The molecule has 2 atom stereocenters. The van der Waals surface area contributed by atoms with E-state index in [0.29, 0.717) is 12.1 Å². The van der Waals surface area contributed by atoms with Gasteiger partial charge in [0.1, 0.15) is 0 Å². The summed E-state index contributed by atoms with van der Waals surface area (Å²) >= 11 is 0. The van der Waals surface area contributed by atoms with Gasteiger partial charge < -0.3 is 10.1 Å². The van der Waals surface area contributed by atoms with Crippen LogP contribution < -0.4 is 5.32 Å². The molecule has 120 valence electrons. The van der Waals surface area contributed by atoms with Crippen LogP contribution in [0.3, 0.4) is 0 Å². The van der Waals surface area contributed by atoms with Gasteiger partial charge >= 0.3 is 0 Å². The largest absolute Gasteiger partial charge is 0.378 e. The summed E-state index contributed by atoms with van der Waals surface area (Å²) in [4.78, 5) is 0. The van der Waals surface area contributed by atoms with Gasteiger partial charge in [0.25, 0.3) is 0 Å². The minimum absolute atomic E-state index is 0.526. The van der Waals surface area contributed by atoms with Crippen LogP contribution in [0.4, 0.5) is 0 Å². The third-order valence-corrected chi connectivity index (χ3v) is 4.41. The zero-order valence-corrected chi connectivity index (χ0v) is 14.0. The average molecular weight is 284 g/mol. The van der Waals surface area contributed by atoms with Crippen LogP contribution in [-0.4, -0.2) is 25.3 Å². The minimum atomic E-state index is 0.526. The lowest BCUT2D eigenvalue weighted by Gasteiger charge is -2.27. The van der Waals surface area contributed by atoms with Crippen LogP contribution >= 0.6 is 0 Å². The maximum absolute atomic E-state index is 5.91. The molecule has 2 nitrogen and oxygen atoms in total. The Morgan fingerprint density at radius 1 is 1.00 bits per heavy atom. The summed E-state index contributed by atoms with van der Waals surface area (Å²) < 4.78 is 5.91. The van der Waals surface area contributed by atoms with E-state index in [1.165, 1.54) is 77.0 Å². The van der Waals surface area contributed by atoms with Gasteiger partial charge in [0.05, 0.1) is 6.10 Å². The Morgan fingerprint density at radius 2 is 1.80 bits per heavy atom. The third-order valence-electron chi connectivity index (χ3n) is 4.41. The molecule has 2 heteroatoms. The van der Waals surface area contributed by atoms with E-state index in [4.69, 9.17) is 4.74 Å². The molecule has 0 aliphatic carbocycles. The van der Waals surface area contributed by atoms with Gasteiger partial charge in [0.2, 0.25) is 0 Å². The predicted octanol–water partition coefficient (Wildman–Crippen LogP) is 5.06. The molecule has 0 radical (unpaired) electrons. The highest BCUT2D eigenvalue weighted by Crippen LogP contribution is 2.19. The molecule has 0 aromatic carbocycles. The molecular weight excluding hydrogens is 246 g/mol. The summed E-state index contributed by atoms with van der Waals surface area (Å²) in [6.45, 7) is 6.69. The van der Waals surface area contributed by atoms with Gasteiger partial charge in [-0.2, -0.15) is 0 Å². The molecule has 0 aromatic heterocycles. The lowest BCUT2D eigenvalue weighted by atomic mass is 9.97. The smallest absolute Gasteiger partial charge is 0.0590 e. The molecule has 0 bridgehead atoms. The van der Waals surface area contributed by atoms with Crippen LogP contribution in [0, 0.1) is 0 Å². The molecule has 1 saturated heterocycles. The van der Waals surface area contributed by atoms with E-state index in [9.17, 15) is 0 Å². The Bertz CT molecular complexity index is 202. The average Bonchev–Trinajstić information content (AvgIpc) is 2.49. The van der Waals surface area contributed by atoms with Gasteiger partial charge in [-0.15, -0.1) is 0 Å². The number of hydrogen-bond acceptors (Lipinski definition) is 2. The van der Waals surface area contributed by atoms with Crippen molar-refractivity contribution in [1.29, 1.82) is 0 Å². The Hall–Kier alpha value is -0.0800. The fourth-order valence-corrected chi connectivity index (χ4v) is 3.13. The van der Waals surface area contributed by atoms with Crippen molar-refractivity contribution in [1.82, 2.24) is 5.32 Å². The van der Waals surface area contributed by atoms with Crippen molar-refractivity contribution >= 4 is 0 Å². The lowest BCUT2D eigenvalue weighted by Crippen LogP contribution is -2.35. The quantitative estimate of drug-likeness (QED) is 0.505. The summed E-state index contributed by atoms with van der Waals surface area (Å²) in [5.74, 6) is 0. The number of hydrogen-bond donors (Lipinski definition) is 1. The number of rotatable bonds is 12. The van der Waals surface area contributed by atoms with Crippen LogP contribution in [0.15, 0.2) is 0 Å². The van der Waals surface area contributed by atoms with Crippen LogP contribution in [0.1, 0.15) is 90.9 Å². The van der Waals surface area contributed by atoms with E-state index in [2.05, 4.69) is 19.2 Å². The van der Waals surface area contributed by atoms with Crippen molar-refractivity contribution in [3.05, 3.63) is 0 Å². The van der Waals surface area contributed by atoms with E-state index in [1.54, 1.807) is 0 Å². The molecule has 1 fully saturated rings. The molecule has 20 heavy (non-hydrogen) atoms. The predicted molar refractivity (Wildman–Crippen MR) is 88.3 cm³/mol. The topological polar surface area (TPSA) is 21.3 Å². The van der Waals surface area contributed by atoms with Crippen LogP contribution in [-0.2, 0) is 4.74 Å². The molecule has 0 amide bonds. The molecule has 1 N–H and O–H groups in total. The first-order chi connectivity index (χ1) is 9.86. The lowest BCUT2D eigenvalue weighted by molar-refractivity contribution is 0.00458. The first-order valence-corrected chi connectivity index (χ1v) is 9.21. The minimum Gasteiger partial charge on any atom is -0.378 e. The summed E-state index contributed by atoms with van der Waals surface area (Å²) in [6, 6.07) is 0.684. The Balaban J connectivity index is 2.13. The molecule has 1 rings (SSSR count). The highest BCUT2D eigenvalue weighted by atomic mass is 16.5. The molecule has 2 unspecified atom stereocenters. The summed E-state index contributed by atoms with van der Waals surface area (Å²) in [5, 5.41) is 3.74. The summed E-state index contributed by atoms with van der Waals surface area (Å²) in [7, 11) is 0. The van der Waals surface area contributed by atoms with Crippen LogP contribution in [0.25, 0.3) is 0 Å². The highest BCUT2D eigenvalue weighted by molar-refractivity contribution is 4.74. The van der Waals surface area contributed by atoms with E-state index >= 15 is 0 Å². The first kappa shape index (κ1) is 18.0. The van der Waals surface area contributed by atoms with Gasteiger partial charge in [-0.05, 0) is 45.1 Å². The fraction of sp³-hybridized carbons (Fsp3) is 1.00. The molecular formula is C18H37NO. The van der Waals surface area contributed by atoms with Gasteiger partial charge in [-0.1, -0.05) is 52.4 Å². The van der Waals surface area contributed by atoms with Crippen molar-refractivity contribution in [3.8, 4) is 0 Å². The molecule has 1 heterocycles. The third kappa shape index (κ3) is 8.97. The zero-order chi connectivity index (χ0) is 14.5. The summed E-state index contributed by atoms with van der Waals surface area (Å²) in [5.41, 5.74) is 0. The van der Waals surface area contributed by atoms with Crippen molar-refractivity contribution in [2.45, 2.75) is 103 Å². The monoisotopic (exact) mass is 283 g/mol. The zero-order valence-electron chi connectivity index (χ0n) is 14.0. The van der Waals surface area contributed by atoms with Crippen LogP contribution in [0.2, 0.25) is 0 Å². The second kappa shape index (κ2) is 12.6. The Kier molecular flexibility index (Phi) is 11.4. The Labute approximate surface area is 127 Å². The standard InChI is InChI=1S/C18H37NO/c1-3-5-6-7-8-9-12-17(19-14-4-2)16-18-13-10-11-15-20-18/h17-19H,3-16H2,1-2H3. The first-order valence-electron chi connectivity index (χ1n) is 9.21. The van der Waals surface area contributed by atoms with Gasteiger partial charge in [-0.3, -0.25) is 0 Å². The maximum atomic E-state index is 5.91. The SMILES string of the molecule is CCCCCCCCC(CC1CCCCO1)NCCC. The normalized spacial score (nSPS) is 21.0. The fourth-order valence-electron chi connectivity index (χ4n) is 3.13. The van der Waals surface area contributed by atoms with Gasteiger partial charge in [0.15, 0.2) is 0 Å². The van der Waals surface area contributed by atoms with E-state index in [1.807, 2.05) is 0 Å².